The van der Waals surface area contributed by atoms with Crippen LogP contribution in [0.3, 0.4) is 0 Å². The van der Waals surface area contributed by atoms with Crippen molar-refractivity contribution >= 4 is 11.9 Å². The molecule has 0 aromatic carbocycles. The average molecular weight is 202 g/mol. The zero-order chi connectivity index (χ0) is 11.1. The Morgan fingerprint density at radius 3 is 2.36 bits per heavy atom. The minimum absolute atomic E-state index is 0.0381. The van der Waals surface area contributed by atoms with Gasteiger partial charge in [0.15, 0.2) is 0 Å². The maximum atomic E-state index is 11.4. The normalized spacial score (nSPS) is 10.1. The van der Waals surface area contributed by atoms with Gasteiger partial charge in [-0.05, 0) is 13.8 Å². The molecule has 0 saturated heterocycles. The molecule has 0 radical (unpaired) electrons. The van der Waals surface area contributed by atoms with E-state index in [0.29, 0.717) is 0 Å². The Balaban J connectivity index is 3.69. The Kier molecular flexibility index (Phi) is 5.87. The maximum absolute atomic E-state index is 11.4. The SMILES string of the molecule is COC(=O)CNCC(=O)N(C)C(C)C. The van der Waals surface area contributed by atoms with Crippen molar-refractivity contribution in [2.24, 2.45) is 0 Å². The van der Waals surface area contributed by atoms with E-state index in [0.717, 1.165) is 0 Å². The highest BCUT2D eigenvalue weighted by molar-refractivity contribution is 5.79. The second-order valence-corrected chi connectivity index (χ2v) is 3.28. The lowest BCUT2D eigenvalue weighted by Gasteiger charge is -2.21. The van der Waals surface area contributed by atoms with E-state index in [9.17, 15) is 9.59 Å². The third-order valence-corrected chi connectivity index (χ3v) is 1.94. The van der Waals surface area contributed by atoms with E-state index in [1.807, 2.05) is 13.8 Å². The average Bonchev–Trinajstić information content (AvgIpc) is 2.15. The van der Waals surface area contributed by atoms with Crippen molar-refractivity contribution in [2.45, 2.75) is 19.9 Å². The van der Waals surface area contributed by atoms with Gasteiger partial charge in [0, 0.05) is 13.1 Å². The van der Waals surface area contributed by atoms with Crippen LogP contribution in [0.1, 0.15) is 13.8 Å². The topological polar surface area (TPSA) is 58.6 Å². The zero-order valence-electron chi connectivity index (χ0n) is 9.16. The van der Waals surface area contributed by atoms with Crippen molar-refractivity contribution < 1.29 is 14.3 Å². The molecule has 0 saturated carbocycles. The summed E-state index contributed by atoms with van der Waals surface area (Å²) >= 11 is 0. The monoisotopic (exact) mass is 202 g/mol. The van der Waals surface area contributed by atoms with E-state index in [1.54, 1.807) is 11.9 Å². The highest BCUT2D eigenvalue weighted by Crippen LogP contribution is 1.92. The van der Waals surface area contributed by atoms with Crippen molar-refractivity contribution in [3.8, 4) is 0 Å². The minimum Gasteiger partial charge on any atom is -0.468 e. The number of amides is 1. The molecule has 0 rings (SSSR count). The highest BCUT2D eigenvalue weighted by atomic mass is 16.5. The Labute approximate surface area is 84.4 Å². The molecule has 0 aromatic heterocycles. The molecule has 1 amide bonds. The molecule has 0 aliphatic rings. The van der Waals surface area contributed by atoms with Crippen LogP contribution in [-0.2, 0) is 14.3 Å². The molecule has 1 N–H and O–H groups in total. The van der Waals surface area contributed by atoms with E-state index >= 15 is 0 Å². The second kappa shape index (κ2) is 6.37. The molecule has 0 aromatic rings. The number of carbonyl (C=O) groups excluding carboxylic acids is 2. The van der Waals surface area contributed by atoms with Crippen LogP contribution >= 0.6 is 0 Å². The maximum Gasteiger partial charge on any atom is 0.319 e. The van der Waals surface area contributed by atoms with Gasteiger partial charge in [-0.3, -0.25) is 14.9 Å². The fourth-order valence-corrected chi connectivity index (χ4v) is 0.756. The molecule has 0 fully saturated rings. The number of rotatable bonds is 5. The van der Waals surface area contributed by atoms with Gasteiger partial charge in [-0.1, -0.05) is 0 Å². The first-order chi connectivity index (χ1) is 6.49. The zero-order valence-corrected chi connectivity index (χ0v) is 9.16. The first kappa shape index (κ1) is 12.9. The van der Waals surface area contributed by atoms with Gasteiger partial charge in [-0.2, -0.15) is 0 Å². The summed E-state index contributed by atoms with van der Waals surface area (Å²) in [6, 6.07) is 0.169. The first-order valence-electron chi connectivity index (χ1n) is 4.52. The molecular formula is C9H18N2O3. The van der Waals surface area contributed by atoms with Crippen molar-refractivity contribution in [1.29, 1.82) is 0 Å². The molecule has 0 unspecified atom stereocenters. The van der Waals surface area contributed by atoms with E-state index in [4.69, 9.17) is 0 Å². The van der Waals surface area contributed by atoms with E-state index in [-0.39, 0.29) is 31.0 Å². The van der Waals surface area contributed by atoms with Gasteiger partial charge in [0.05, 0.1) is 20.2 Å². The molecule has 0 bridgehead atoms. The fourth-order valence-electron chi connectivity index (χ4n) is 0.756. The number of esters is 1. The Bertz CT molecular complexity index is 204. The Hall–Kier alpha value is -1.10. The highest BCUT2D eigenvalue weighted by Gasteiger charge is 2.11. The standard InChI is InChI=1S/C9H18N2O3/c1-7(2)11(3)8(12)5-10-6-9(13)14-4/h7,10H,5-6H2,1-4H3. The molecule has 5 heteroatoms. The van der Waals surface area contributed by atoms with Crippen LogP contribution in [0.4, 0.5) is 0 Å². The number of ether oxygens (including phenoxy) is 1. The number of methoxy groups -OCH3 is 1. The number of carbonyl (C=O) groups is 2. The van der Waals surface area contributed by atoms with Gasteiger partial charge in [0.2, 0.25) is 5.91 Å². The first-order valence-corrected chi connectivity index (χ1v) is 4.52. The second-order valence-electron chi connectivity index (χ2n) is 3.28. The molecule has 14 heavy (non-hydrogen) atoms. The number of nitrogens with one attached hydrogen (secondary N) is 1. The number of hydrogen-bond acceptors (Lipinski definition) is 4. The lowest BCUT2D eigenvalue weighted by Crippen LogP contribution is -2.40. The number of hydrogen-bond donors (Lipinski definition) is 1. The molecular weight excluding hydrogens is 184 g/mol. The molecule has 0 aliphatic carbocycles. The summed E-state index contributed by atoms with van der Waals surface area (Å²) in [5, 5.41) is 2.71. The molecule has 0 aliphatic heterocycles. The van der Waals surface area contributed by atoms with E-state index in [2.05, 4.69) is 10.1 Å². The van der Waals surface area contributed by atoms with Crippen LogP contribution in [0.2, 0.25) is 0 Å². The summed E-state index contributed by atoms with van der Waals surface area (Å²) < 4.78 is 4.41. The fraction of sp³-hybridized carbons (Fsp3) is 0.778. The quantitative estimate of drug-likeness (QED) is 0.617. The van der Waals surface area contributed by atoms with Crippen LogP contribution in [0.15, 0.2) is 0 Å². The summed E-state index contributed by atoms with van der Waals surface area (Å²) in [5.41, 5.74) is 0. The van der Waals surface area contributed by atoms with Gasteiger partial charge < -0.3 is 9.64 Å². The van der Waals surface area contributed by atoms with Gasteiger partial charge in [0.25, 0.3) is 0 Å². The predicted molar refractivity (Wildman–Crippen MR) is 52.8 cm³/mol. The molecule has 0 atom stereocenters. The third kappa shape index (κ3) is 4.81. The van der Waals surface area contributed by atoms with Crippen LogP contribution < -0.4 is 5.32 Å². The Morgan fingerprint density at radius 1 is 1.36 bits per heavy atom. The van der Waals surface area contributed by atoms with E-state index in [1.165, 1.54) is 7.11 Å². The number of likely N-dealkylation sites (N-methyl/N-ethyl adjacent to an activating group) is 1. The van der Waals surface area contributed by atoms with Gasteiger partial charge >= 0.3 is 5.97 Å². The molecule has 0 heterocycles. The predicted octanol–water partition coefficient (Wildman–Crippen LogP) is -0.384. The summed E-state index contributed by atoms with van der Waals surface area (Å²) in [6.07, 6.45) is 0. The van der Waals surface area contributed by atoms with Gasteiger partial charge in [-0.25, -0.2) is 0 Å². The molecule has 82 valence electrons. The summed E-state index contributed by atoms with van der Waals surface area (Å²) in [6.45, 7) is 4.08. The smallest absolute Gasteiger partial charge is 0.319 e. The van der Waals surface area contributed by atoms with Crippen molar-refractivity contribution in [1.82, 2.24) is 10.2 Å². The van der Waals surface area contributed by atoms with Crippen molar-refractivity contribution in [2.75, 3.05) is 27.2 Å². The lowest BCUT2D eigenvalue weighted by atomic mass is 10.3. The van der Waals surface area contributed by atoms with Gasteiger partial charge in [0.1, 0.15) is 0 Å². The van der Waals surface area contributed by atoms with Crippen LogP contribution in [0.25, 0.3) is 0 Å². The summed E-state index contributed by atoms with van der Waals surface area (Å²) in [5.74, 6) is -0.408. The molecule has 0 spiro atoms. The van der Waals surface area contributed by atoms with E-state index < -0.39 is 0 Å². The van der Waals surface area contributed by atoms with Crippen LogP contribution in [0.5, 0.6) is 0 Å². The van der Waals surface area contributed by atoms with Crippen molar-refractivity contribution in [3.63, 3.8) is 0 Å². The molecule has 5 nitrogen and oxygen atoms in total. The largest absolute Gasteiger partial charge is 0.468 e. The Morgan fingerprint density at radius 2 is 1.93 bits per heavy atom. The van der Waals surface area contributed by atoms with Crippen LogP contribution in [-0.4, -0.2) is 50.1 Å². The van der Waals surface area contributed by atoms with Crippen molar-refractivity contribution in [3.05, 3.63) is 0 Å². The van der Waals surface area contributed by atoms with Crippen LogP contribution in [0, 0.1) is 0 Å². The summed E-state index contributed by atoms with van der Waals surface area (Å²) in [4.78, 5) is 23.7. The number of nitrogens with zero attached hydrogens (tertiary/aromatic N) is 1. The minimum atomic E-state index is -0.370. The third-order valence-electron chi connectivity index (χ3n) is 1.94. The lowest BCUT2D eigenvalue weighted by molar-refractivity contribution is -0.139. The summed E-state index contributed by atoms with van der Waals surface area (Å²) in [7, 11) is 3.04. The van der Waals surface area contributed by atoms with Gasteiger partial charge in [-0.15, -0.1) is 0 Å².